The maximum Gasteiger partial charge on any atom is 0.258 e. The summed E-state index contributed by atoms with van der Waals surface area (Å²) in [6.07, 6.45) is 1.82. The highest BCUT2D eigenvalue weighted by atomic mass is 35.5. The van der Waals surface area contributed by atoms with Crippen LogP contribution in [0.3, 0.4) is 0 Å². The lowest BCUT2D eigenvalue weighted by molar-refractivity contribution is -0.128. The summed E-state index contributed by atoms with van der Waals surface area (Å²) in [4.78, 5) is 29.1. The molecule has 0 bridgehead atoms. The first-order chi connectivity index (χ1) is 16.8. The summed E-state index contributed by atoms with van der Waals surface area (Å²) in [5.41, 5.74) is 7.85. The lowest BCUT2D eigenvalue weighted by atomic mass is 9.96. The number of nitrogen functional groups attached to an aromatic ring is 1. The van der Waals surface area contributed by atoms with Crippen molar-refractivity contribution in [2.75, 3.05) is 32.0 Å². The molecule has 2 amide bonds. The molecule has 0 aliphatic carbocycles. The molecule has 2 aliphatic heterocycles. The van der Waals surface area contributed by atoms with Gasteiger partial charge in [-0.1, -0.05) is 41.9 Å². The largest absolute Gasteiger partial charge is 0.491 e. The average molecular weight is 527 g/mol. The zero-order valence-electron chi connectivity index (χ0n) is 18.5. The Hall–Kier alpha value is -3.25. The maximum atomic E-state index is 13.6. The normalized spacial score (nSPS) is 17.6. The van der Waals surface area contributed by atoms with Crippen molar-refractivity contribution >= 4 is 61.4 Å². The molecule has 1 fully saturated rings. The molecule has 7 nitrogen and oxygen atoms in total. The van der Waals surface area contributed by atoms with E-state index in [-0.39, 0.29) is 39.2 Å². The van der Waals surface area contributed by atoms with Gasteiger partial charge in [0.1, 0.15) is 11.1 Å². The van der Waals surface area contributed by atoms with Crippen molar-refractivity contribution in [1.82, 2.24) is 9.80 Å². The fourth-order valence-corrected chi connectivity index (χ4v) is 6.45. The second-order valence-corrected chi connectivity index (χ2v) is 10.2. The molecular formula is C25H20Cl2N4O3S. The van der Waals surface area contributed by atoms with Gasteiger partial charge in [-0.05, 0) is 23.8 Å². The second-order valence-electron chi connectivity index (χ2n) is 8.33. The molecule has 0 spiro atoms. The van der Waals surface area contributed by atoms with Crippen LogP contribution in [0, 0.1) is 11.3 Å². The quantitative estimate of drug-likeness (QED) is 0.476. The van der Waals surface area contributed by atoms with Crippen LogP contribution in [0.1, 0.15) is 22.3 Å². The van der Waals surface area contributed by atoms with Crippen LogP contribution in [-0.4, -0.2) is 53.9 Å². The number of nitriles is 1. The molecular weight excluding hydrogens is 507 g/mol. The summed E-state index contributed by atoms with van der Waals surface area (Å²) in [5, 5.41) is 11.3. The number of hydrogen-bond acceptors (Lipinski definition) is 6. The minimum Gasteiger partial charge on any atom is -0.491 e. The van der Waals surface area contributed by atoms with Crippen LogP contribution >= 0.6 is 34.5 Å². The van der Waals surface area contributed by atoms with Crippen molar-refractivity contribution in [3.05, 3.63) is 58.1 Å². The van der Waals surface area contributed by atoms with Gasteiger partial charge in [-0.3, -0.25) is 9.59 Å². The van der Waals surface area contributed by atoms with Crippen molar-refractivity contribution in [1.29, 1.82) is 5.26 Å². The summed E-state index contributed by atoms with van der Waals surface area (Å²) >= 11 is 14.9. The summed E-state index contributed by atoms with van der Waals surface area (Å²) < 4.78 is 6.88. The van der Waals surface area contributed by atoms with Crippen molar-refractivity contribution in [2.45, 2.75) is 12.5 Å². The summed E-state index contributed by atoms with van der Waals surface area (Å²) in [5.74, 6) is -0.143. The first-order valence-electron chi connectivity index (χ1n) is 10.9. The van der Waals surface area contributed by atoms with E-state index in [9.17, 15) is 14.9 Å². The van der Waals surface area contributed by atoms with Gasteiger partial charge in [-0.2, -0.15) is 5.26 Å². The first kappa shape index (κ1) is 23.5. The molecule has 1 atom stereocenters. The van der Waals surface area contributed by atoms with E-state index in [1.165, 1.54) is 17.4 Å². The van der Waals surface area contributed by atoms with Crippen LogP contribution in [0.25, 0.3) is 21.2 Å². The van der Waals surface area contributed by atoms with E-state index < -0.39 is 0 Å². The van der Waals surface area contributed by atoms with Crippen LogP contribution in [0.5, 0.6) is 5.75 Å². The van der Waals surface area contributed by atoms with E-state index in [4.69, 9.17) is 33.7 Å². The molecule has 2 N–H and O–H groups in total. The fourth-order valence-electron chi connectivity index (χ4n) is 4.78. The third kappa shape index (κ3) is 3.80. The monoisotopic (exact) mass is 526 g/mol. The number of benzene rings is 2. The third-order valence-electron chi connectivity index (χ3n) is 6.45. The fraction of sp³-hybridized carbons (Fsp3) is 0.240. The number of fused-ring (bicyclic) bond motifs is 3. The molecule has 0 radical (unpaired) electrons. The van der Waals surface area contributed by atoms with Crippen molar-refractivity contribution in [3.63, 3.8) is 0 Å². The molecule has 0 unspecified atom stereocenters. The predicted molar refractivity (Wildman–Crippen MR) is 138 cm³/mol. The minimum absolute atomic E-state index is 0.156. The number of nitrogens with two attached hydrogens (primary N) is 1. The van der Waals surface area contributed by atoms with Gasteiger partial charge in [0.2, 0.25) is 5.91 Å². The molecule has 10 heteroatoms. The molecule has 3 aromatic rings. The Morgan fingerprint density at radius 1 is 1.31 bits per heavy atom. The van der Waals surface area contributed by atoms with Crippen molar-refractivity contribution in [2.24, 2.45) is 0 Å². The average Bonchev–Trinajstić information content (AvgIpc) is 3.18. The first-order valence-corrected chi connectivity index (χ1v) is 12.5. The molecule has 5 rings (SSSR count). The Morgan fingerprint density at radius 3 is 2.86 bits per heavy atom. The van der Waals surface area contributed by atoms with Crippen molar-refractivity contribution < 1.29 is 14.3 Å². The van der Waals surface area contributed by atoms with Gasteiger partial charge in [-0.15, -0.1) is 11.3 Å². The topological polar surface area (TPSA) is 99.7 Å². The van der Waals surface area contributed by atoms with Gasteiger partial charge < -0.3 is 20.3 Å². The van der Waals surface area contributed by atoms with Gasteiger partial charge in [-0.25, -0.2) is 0 Å². The Kier molecular flexibility index (Phi) is 6.09. The smallest absolute Gasteiger partial charge is 0.258 e. The number of hydrogen-bond donors (Lipinski definition) is 1. The summed E-state index contributed by atoms with van der Waals surface area (Å²) in [6.45, 7) is 5.07. The number of anilines is 1. The van der Waals surface area contributed by atoms with Gasteiger partial charge in [0, 0.05) is 41.7 Å². The van der Waals surface area contributed by atoms with Crippen LogP contribution < -0.4 is 10.5 Å². The molecule has 1 saturated heterocycles. The molecule has 2 aromatic carbocycles. The van der Waals surface area contributed by atoms with Crippen LogP contribution in [0.15, 0.2) is 36.9 Å². The van der Waals surface area contributed by atoms with Crippen molar-refractivity contribution in [3.8, 4) is 22.9 Å². The molecule has 1 aromatic heterocycles. The number of amides is 2. The number of piperazine rings is 1. The third-order valence-corrected chi connectivity index (χ3v) is 8.10. The Bertz CT molecular complexity index is 1440. The molecule has 3 heterocycles. The van der Waals surface area contributed by atoms with E-state index in [1.54, 1.807) is 15.9 Å². The predicted octanol–water partition coefficient (Wildman–Crippen LogP) is 4.95. The minimum atomic E-state index is -0.249. The SMILES string of the molecule is C=CC(=O)N1CCN2C(=O)c3cc(Cl)c(-c4cccc5sc(N)c(C#N)c45)c(Cl)c3OCC[C@H]2C1. The van der Waals surface area contributed by atoms with E-state index >= 15 is 0 Å². The molecule has 178 valence electrons. The summed E-state index contributed by atoms with van der Waals surface area (Å²) in [7, 11) is 0. The van der Waals surface area contributed by atoms with Gasteiger partial charge in [0.25, 0.3) is 5.91 Å². The highest BCUT2D eigenvalue weighted by Gasteiger charge is 2.36. The lowest BCUT2D eigenvalue weighted by Gasteiger charge is -2.42. The number of thiophene rings is 1. The van der Waals surface area contributed by atoms with Crippen LogP contribution in [0.4, 0.5) is 5.00 Å². The molecule has 2 aliphatic rings. The highest BCUT2D eigenvalue weighted by molar-refractivity contribution is 7.23. The van der Waals surface area contributed by atoms with E-state index in [0.29, 0.717) is 59.7 Å². The Labute approximate surface area is 215 Å². The standard InChI is InChI=1S/C25H20Cl2N4O3S/c1-2-19(32)30-7-8-31-13(12-30)6-9-34-23-15(25(31)33)10-17(26)21(22(23)27)14-4-3-5-18-20(14)16(11-28)24(29)35-18/h2-5,10,13H,1,6-9,12,29H2/t13-/m0/s1. The number of rotatable bonds is 2. The molecule has 35 heavy (non-hydrogen) atoms. The Balaban J connectivity index is 1.61. The van der Waals surface area contributed by atoms with E-state index in [2.05, 4.69) is 12.6 Å². The zero-order valence-corrected chi connectivity index (χ0v) is 20.8. The second kappa shape index (κ2) is 9.08. The highest BCUT2D eigenvalue weighted by Crippen LogP contribution is 2.48. The lowest BCUT2D eigenvalue weighted by Crippen LogP contribution is -2.57. The van der Waals surface area contributed by atoms with Gasteiger partial charge >= 0.3 is 0 Å². The maximum absolute atomic E-state index is 13.6. The zero-order chi connectivity index (χ0) is 24.9. The molecule has 0 saturated carbocycles. The Morgan fingerprint density at radius 2 is 2.11 bits per heavy atom. The van der Waals surface area contributed by atoms with E-state index in [1.807, 2.05) is 18.2 Å². The van der Waals surface area contributed by atoms with Crippen LogP contribution in [-0.2, 0) is 4.79 Å². The summed E-state index contributed by atoms with van der Waals surface area (Å²) in [6, 6.07) is 9.11. The number of carbonyl (C=O) groups is 2. The number of ether oxygens (including phenoxy) is 1. The number of nitrogens with zero attached hydrogens (tertiary/aromatic N) is 3. The number of halogens is 2. The van der Waals surface area contributed by atoms with Crippen LogP contribution in [0.2, 0.25) is 10.0 Å². The van der Waals surface area contributed by atoms with E-state index in [0.717, 1.165) is 4.70 Å². The van der Waals surface area contributed by atoms with Gasteiger partial charge in [0.15, 0.2) is 5.75 Å². The van der Waals surface area contributed by atoms with Gasteiger partial charge in [0.05, 0.1) is 33.8 Å². The number of carbonyl (C=O) groups excluding carboxylic acids is 2.